The van der Waals surface area contributed by atoms with Gasteiger partial charge in [-0.2, -0.15) is 0 Å². The molecule has 2 heterocycles. The van der Waals surface area contributed by atoms with Gasteiger partial charge in [-0.15, -0.1) is 6.58 Å². The van der Waals surface area contributed by atoms with Crippen LogP contribution in [0.2, 0.25) is 0 Å². The van der Waals surface area contributed by atoms with E-state index in [-0.39, 0.29) is 18.3 Å². The summed E-state index contributed by atoms with van der Waals surface area (Å²) >= 11 is 0. The SMILES string of the molecule is C=CC1OC2(OC(C)=O)O[C@H]([C@H]1O)[C@](CC[C@H](CCC)c1ccccc1)(OC(=O)C=C[C@@H](C)C[C@@H](C)CC)[C@H]2O. The molecule has 1 aromatic carbocycles. The Kier molecular flexibility index (Phi) is 11.1. The van der Waals surface area contributed by atoms with Gasteiger partial charge in [-0.3, -0.25) is 4.79 Å². The van der Waals surface area contributed by atoms with Gasteiger partial charge in [0.25, 0.3) is 0 Å². The van der Waals surface area contributed by atoms with Crippen molar-refractivity contribution < 1.29 is 38.7 Å². The van der Waals surface area contributed by atoms with Gasteiger partial charge >= 0.3 is 17.9 Å². The summed E-state index contributed by atoms with van der Waals surface area (Å²) in [6.45, 7) is 13.3. The van der Waals surface area contributed by atoms with Crippen LogP contribution in [0.3, 0.4) is 0 Å². The van der Waals surface area contributed by atoms with Gasteiger partial charge in [0.2, 0.25) is 0 Å². The Hall–Kier alpha value is -2.52. The number of hydrogen-bond donors (Lipinski definition) is 2. The molecule has 0 aliphatic carbocycles. The highest BCUT2D eigenvalue weighted by Gasteiger charge is 2.74. The molecule has 0 radical (unpaired) electrons. The zero-order chi connectivity index (χ0) is 29.5. The zero-order valence-corrected chi connectivity index (χ0v) is 24.5. The molecule has 0 spiro atoms. The number of allylic oxidation sites excluding steroid dienone is 1. The number of carbonyl (C=O) groups is 2. The Bertz CT molecular complexity index is 1030. The second-order valence-electron chi connectivity index (χ2n) is 11.3. The third-order valence-electron chi connectivity index (χ3n) is 8.15. The Morgan fingerprint density at radius 3 is 2.40 bits per heavy atom. The lowest BCUT2D eigenvalue weighted by Gasteiger charge is -2.39. The van der Waals surface area contributed by atoms with Crippen LogP contribution in [0.25, 0.3) is 0 Å². The van der Waals surface area contributed by atoms with Gasteiger partial charge in [-0.05, 0) is 49.0 Å². The van der Waals surface area contributed by atoms with Crippen LogP contribution in [0.1, 0.15) is 84.6 Å². The number of ether oxygens (including phenoxy) is 4. The van der Waals surface area contributed by atoms with Crippen molar-refractivity contribution >= 4 is 11.9 Å². The molecule has 2 aliphatic rings. The normalized spacial score (nSPS) is 31.9. The van der Waals surface area contributed by atoms with Crippen LogP contribution in [0.4, 0.5) is 0 Å². The molecule has 8 heteroatoms. The van der Waals surface area contributed by atoms with Gasteiger partial charge in [0.05, 0.1) is 0 Å². The van der Waals surface area contributed by atoms with Crippen molar-refractivity contribution in [2.45, 2.75) is 115 Å². The second-order valence-corrected chi connectivity index (χ2v) is 11.3. The average Bonchev–Trinajstić information content (AvgIpc) is 3.12. The molecule has 2 unspecified atom stereocenters. The fraction of sp³-hybridized carbons (Fsp3) is 0.625. The van der Waals surface area contributed by atoms with E-state index in [1.165, 1.54) is 12.2 Å². The standard InChI is InChI=1S/C32H46O8/c1-7-13-24(25-14-11-10-12-15-25)18-19-31(39-27(34)17-16-22(5)20-21(4)8-2)29-28(35)26(9-3)38-32(40-29,30(31)36)37-23(6)33/h9-12,14-17,21-22,24,26,28-30,35-36H,3,7-8,13,18-20H2,1-2,4-6H3/t21-,22+,24-,26?,28-,29+,30+,31-,32?/m0/s1. The first-order chi connectivity index (χ1) is 19.0. The second kappa shape index (κ2) is 13.9. The van der Waals surface area contributed by atoms with Crippen molar-refractivity contribution in [3.8, 4) is 0 Å². The lowest BCUT2D eigenvalue weighted by Crippen LogP contribution is -2.56. The fourth-order valence-corrected chi connectivity index (χ4v) is 5.91. The summed E-state index contributed by atoms with van der Waals surface area (Å²) in [6, 6.07) is 10.00. The molecule has 40 heavy (non-hydrogen) atoms. The van der Waals surface area contributed by atoms with Crippen LogP contribution in [-0.2, 0) is 28.5 Å². The average molecular weight is 559 g/mol. The van der Waals surface area contributed by atoms with Crippen molar-refractivity contribution in [2.24, 2.45) is 11.8 Å². The van der Waals surface area contributed by atoms with E-state index in [1.807, 2.05) is 37.3 Å². The summed E-state index contributed by atoms with van der Waals surface area (Å²) in [5.41, 5.74) is -0.633. The minimum Gasteiger partial charge on any atom is -0.450 e. The molecule has 8 nitrogen and oxygen atoms in total. The molecule has 3 rings (SSSR count). The molecule has 0 saturated carbocycles. The van der Waals surface area contributed by atoms with Gasteiger partial charge in [-0.25, -0.2) is 4.79 Å². The fourth-order valence-electron chi connectivity index (χ4n) is 5.91. The van der Waals surface area contributed by atoms with E-state index in [4.69, 9.17) is 18.9 Å². The van der Waals surface area contributed by atoms with Gasteiger partial charge < -0.3 is 29.2 Å². The molecule has 9 atom stereocenters. The number of esters is 2. The molecular weight excluding hydrogens is 512 g/mol. The maximum absolute atomic E-state index is 13.3. The van der Waals surface area contributed by atoms with Gasteiger partial charge in [0.1, 0.15) is 18.3 Å². The lowest BCUT2D eigenvalue weighted by molar-refractivity contribution is -0.418. The number of hydrogen-bond acceptors (Lipinski definition) is 8. The van der Waals surface area contributed by atoms with Crippen LogP contribution in [0, 0.1) is 11.8 Å². The largest absolute Gasteiger partial charge is 0.450 e. The first-order valence-electron chi connectivity index (χ1n) is 14.5. The molecule has 1 aromatic rings. The van der Waals surface area contributed by atoms with Crippen molar-refractivity contribution in [1.29, 1.82) is 0 Å². The highest BCUT2D eigenvalue weighted by atomic mass is 16.9. The summed E-state index contributed by atoms with van der Waals surface area (Å²) in [7, 11) is 0. The van der Waals surface area contributed by atoms with Crippen LogP contribution in [0.5, 0.6) is 0 Å². The molecule has 0 amide bonds. The third kappa shape index (κ3) is 7.03. The van der Waals surface area contributed by atoms with E-state index in [9.17, 15) is 19.8 Å². The van der Waals surface area contributed by atoms with E-state index in [0.717, 1.165) is 38.2 Å². The topological polar surface area (TPSA) is 112 Å². The number of fused-ring (bicyclic) bond motifs is 2. The lowest BCUT2D eigenvalue weighted by atomic mass is 9.79. The highest BCUT2D eigenvalue weighted by molar-refractivity contribution is 5.82. The molecule has 2 aliphatic heterocycles. The Morgan fingerprint density at radius 2 is 1.80 bits per heavy atom. The van der Waals surface area contributed by atoms with Crippen LogP contribution in [-0.4, -0.2) is 58.1 Å². The number of benzene rings is 1. The quantitative estimate of drug-likeness (QED) is 0.182. The summed E-state index contributed by atoms with van der Waals surface area (Å²) in [5.74, 6) is -2.95. The molecule has 0 aromatic heterocycles. The van der Waals surface area contributed by atoms with E-state index < -0.39 is 47.9 Å². The summed E-state index contributed by atoms with van der Waals surface area (Å²) in [5, 5.41) is 23.0. The number of aliphatic hydroxyl groups excluding tert-OH is 2. The molecule has 2 bridgehead atoms. The van der Waals surface area contributed by atoms with Gasteiger partial charge in [0.15, 0.2) is 11.7 Å². The van der Waals surface area contributed by atoms with Crippen molar-refractivity contribution in [3.63, 3.8) is 0 Å². The Labute approximate surface area is 238 Å². The Balaban J connectivity index is 1.99. The smallest absolute Gasteiger partial charge is 0.362 e. The number of aliphatic hydroxyl groups is 2. The Morgan fingerprint density at radius 1 is 1.10 bits per heavy atom. The summed E-state index contributed by atoms with van der Waals surface area (Å²) in [4.78, 5) is 25.4. The predicted octanol–water partition coefficient (Wildman–Crippen LogP) is 5.18. The summed E-state index contributed by atoms with van der Waals surface area (Å²) < 4.78 is 23.2. The first-order valence-corrected chi connectivity index (χ1v) is 14.5. The van der Waals surface area contributed by atoms with Crippen molar-refractivity contribution in [3.05, 3.63) is 60.7 Å². The molecule has 2 N–H and O–H groups in total. The number of rotatable bonds is 14. The third-order valence-corrected chi connectivity index (χ3v) is 8.15. The van der Waals surface area contributed by atoms with E-state index in [2.05, 4.69) is 27.4 Å². The molecule has 2 fully saturated rings. The maximum Gasteiger partial charge on any atom is 0.362 e. The van der Waals surface area contributed by atoms with Crippen LogP contribution in [0.15, 0.2) is 55.1 Å². The van der Waals surface area contributed by atoms with E-state index in [1.54, 1.807) is 6.08 Å². The minimum absolute atomic E-state index is 0.0958. The first kappa shape index (κ1) is 32.0. The van der Waals surface area contributed by atoms with Crippen LogP contribution < -0.4 is 0 Å². The summed E-state index contributed by atoms with van der Waals surface area (Å²) in [6.07, 6.45) is 3.59. The predicted molar refractivity (Wildman–Crippen MR) is 151 cm³/mol. The maximum atomic E-state index is 13.3. The van der Waals surface area contributed by atoms with Crippen molar-refractivity contribution in [1.82, 2.24) is 0 Å². The van der Waals surface area contributed by atoms with E-state index in [0.29, 0.717) is 12.3 Å². The molecular formula is C32H46O8. The minimum atomic E-state index is -2.25. The van der Waals surface area contributed by atoms with Crippen LogP contribution >= 0.6 is 0 Å². The van der Waals surface area contributed by atoms with Gasteiger partial charge in [0, 0.05) is 13.0 Å². The zero-order valence-electron chi connectivity index (χ0n) is 24.5. The van der Waals surface area contributed by atoms with Gasteiger partial charge in [-0.1, -0.05) is 83.0 Å². The van der Waals surface area contributed by atoms with Crippen molar-refractivity contribution in [2.75, 3.05) is 0 Å². The molecule has 222 valence electrons. The highest BCUT2D eigenvalue weighted by Crippen LogP contribution is 2.52. The number of carbonyl (C=O) groups excluding carboxylic acids is 2. The van der Waals surface area contributed by atoms with E-state index >= 15 is 0 Å². The molecule has 2 saturated heterocycles. The monoisotopic (exact) mass is 558 g/mol.